The molecule has 14 N–H and O–H groups in total. The number of aliphatic hydroxyl groups excluding tert-OH is 14. The number of allylic oxidation sites excluding steroid dienone is 2. The van der Waals surface area contributed by atoms with Gasteiger partial charge in [0.2, 0.25) is 0 Å². The lowest BCUT2D eigenvalue weighted by Crippen LogP contribution is -2.67. The van der Waals surface area contributed by atoms with Crippen LogP contribution in [0.1, 0.15) is 106 Å². The van der Waals surface area contributed by atoms with E-state index in [-0.39, 0.29) is 29.5 Å². The van der Waals surface area contributed by atoms with Gasteiger partial charge in [0.15, 0.2) is 31.5 Å². The lowest BCUT2D eigenvalue weighted by Gasteiger charge is -2.58. The zero-order chi connectivity index (χ0) is 59.2. The van der Waals surface area contributed by atoms with E-state index in [9.17, 15) is 71.5 Å². The van der Waals surface area contributed by atoms with Crippen molar-refractivity contribution in [1.82, 2.24) is 0 Å². The van der Waals surface area contributed by atoms with Crippen LogP contribution in [0.2, 0.25) is 0 Å². The van der Waals surface area contributed by atoms with Gasteiger partial charge in [0, 0.05) is 12.3 Å². The Morgan fingerprint density at radius 2 is 1.13 bits per heavy atom. The van der Waals surface area contributed by atoms with Crippen molar-refractivity contribution < 1.29 is 124 Å². The summed E-state index contributed by atoms with van der Waals surface area (Å²) in [7, 11) is 0. The second-order valence-corrected chi connectivity index (χ2v) is 26.0. The third-order valence-electron chi connectivity index (χ3n) is 20.9. The molecule has 0 aromatic heterocycles. The molecule has 34 atom stereocenters. The maximum absolute atomic E-state index is 12.3. The van der Waals surface area contributed by atoms with Crippen LogP contribution >= 0.6 is 0 Å². The second kappa shape index (κ2) is 25.1. The van der Waals surface area contributed by atoms with Crippen molar-refractivity contribution in [3.63, 3.8) is 0 Å². The molecule has 0 aromatic carbocycles. The molecule has 25 heteroatoms. The number of fused-ring (bicyclic) bond motifs is 7. The minimum atomic E-state index is -1.87. The minimum Gasteiger partial charge on any atom is -0.494 e. The topological polar surface area (TPSA) is 385 Å². The zero-order valence-electron chi connectivity index (χ0n) is 47.8. The first kappa shape index (κ1) is 63.3. The van der Waals surface area contributed by atoms with Gasteiger partial charge in [-0.15, -0.1) is 0 Å². The van der Waals surface area contributed by atoms with Crippen molar-refractivity contribution in [3.05, 3.63) is 23.0 Å². The molecule has 6 heterocycles. The van der Waals surface area contributed by atoms with Gasteiger partial charge in [-0.2, -0.15) is 0 Å². The Hall–Kier alpha value is -1.68. The first-order valence-electron chi connectivity index (χ1n) is 29.8. The molecule has 0 spiro atoms. The quantitative estimate of drug-likeness (QED) is 0.0731. The zero-order valence-corrected chi connectivity index (χ0v) is 47.8. The molecule has 0 aromatic rings. The van der Waals surface area contributed by atoms with E-state index >= 15 is 0 Å². The Balaban J connectivity index is 0.788. The van der Waals surface area contributed by atoms with E-state index < -0.39 is 173 Å². The standard InChI is InChI=1S/C57H92O25/c1-21(20-72-51-43(67)41(65)38(62)33(18-58)78-51)8-11-31-22(2)35-32(77-31)17-30-28-10-9-26-16-27(12-14-56(26,6)29(28)13-15-57(30,35)7)76-55-50(82-53-45(69)40(64)37(61)24(4)74-53)47(71)49(34(19-59)79-55)81-54-46(70)42(66)48(25(5)75-54)80-52-44(68)39(63)36(60)23(3)73-52/h9,21,23-25,27-30,32-55,58-71H,8,10-20H2,1-7H3/t21-,23-,24-,25-,27-,28+,29-,30-,32-,33+,34+,35-,36-,37-,38+,39+,40+,41-,42-,43+,44+,45+,46+,47-,48-,49+,50+,51+,52-,53-,54-,55+,56-,57-/m0/s1. The van der Waals surface area contributed by atoms with Gasteiger partial charge in [0.25, 0.3) is 0 Å². The van der Waals surface area contributed by atoms with Gasteiger partial charge in [-0.1, -0.05) is 32.4 Å². The fourth-order valence-electron chi connectivity index (χ4n) is 15.9. The van der Waals surface area contributed by atoms with E-state index in [0.29, 0.717) is 36.5 Å². The van der Waals surface area contributed by atoms with E-state index in [4.69, 9.17) is 52.1 Å². The van der Waals surface area contributed by atoms with Gasteiger partial charge in [0.05, 0.1) is 50.0 Å². The molecule has 25 nitrogen and oxygen atoms in total. The van der Waals surface area contributed by atoms with Crippen molar-refractivity contribution in [1.29, 1.82) is 0 Å². The molecule has 0 bridgehead atoms. The molecule has 6 aliphatic heterocycles. The average molecular weight is 1180 g/mol. The number of ether oxygens (including phenoxy) is 11. The smallest absolute Gasteiger partial charge is 0.187 e. The molecule has 10 aliphatic rings. The summed E-state index contributed by atoms with van der Waals surface area (Å²) >= 11 is 0. The summed E-state index contributed by atoms with van der Waals surface area (Å²) < 4.78 is 66.9. The Morgan fingerprint density at radius 3 is 1.77 bits per heavy atom. The van der Waals surface area contributed by atoms with E-state index in [1.165, 1.54) is 31.9 Å². The van der Waals surface area contributed by atoms with Crippen molar-refractivity contribution in [2.75, 3.05) is 19.8 Å². The molecule has 470 valence electrons. The third-order valence-corrected chi connectivity index (χ3v) is 20.9. The molecule has 0 amide bonds. The van der Waals surface area contributed by atoms with Crippen LogP contribution in [0, 0.1) is 40.4 Å². The average Bonchev–Trinajstić information content (AvgIpc) is 4.15. The highest BCUT2D eigenvalue weighted by Gasteiger charge is 2.64. The van der Waals surface area contributed by atoms with Gasteiger partial charge in [0.1, 0.15) is 110 Å². The molecule has 4 aliphatic carbocycles. The predicted octanol–water partition coefficient (Wildman–Crippen LogP) is -2.18. The van der Waals surface area contributed by atoms with Crippen LogP contribution in [0.15, 0.2) is 23.0 Å². The largest absolute Gasteiger partial charge is 0.494 e. The first-order chi connectivity index (χ1) is 38.8. The lowest BCUT2D eigenvalue weighted by molar-refractivity contribution is -0.394. The summed E-state index contributed by atoms with van der Waals surface area (Å²) in [6.45, 7) is 12.4. The SMILES string of the molecule is CC1=C(CC[C@H](C)CO[C@@H]2O[C@H](CO)[C@@H](O)[C@H](O)[C@H]2O)O[C@H]2C[C@H]3[C@@H]4CC=C5C[C@@H](O[C@@H]6O[C@H](CO)[C@@H](O[C@@H]7O[C@@H](C)[C@H](O[C@@H]8O[C@@H](C)[C@H](O)[C@@H](O)[C@H]8O)[C@@H](O)[C@H]7O)[C@H](O)[C@H]6O[C@@H]6O[C@@H](C)[C@H](O)[C@@H](O)[C@H]6O)CC[C@]5(C)[C@H]4CC[C@]3(C)[C@@H]12. The summed E-state index contributed by atoms with van der Waals surface area (Å²) in [6, 6.07) is 0. The summed E-state index contributed by atoms with van der Waals surface area (Å²) in [5.74, 6) is 2.65. The fraction of sp³-hybridized carbons (Fsp3) is 0.930. The lowest BCUT2D eigenvalue weighted by atomic mass is 9.47. The highest BCUT2D eigenvalue weighted by Crippen LogP contribution is 2.69. The number of hydrogen-bond donors (Lipinski definition) is 14. The normalized spacial score (nSPS) is 53.6. The van der Waals surface area contributed by atoms with E-state index in [1.807, 2.05) is 6.92 Å². The van der Waals surface area contributed by atoms with Crippen molar-refractivity contribution in [2.45, 2.75) is 272 Å². The molecule has 82 heavy (non-hydrogen) atoms. The van der Waals surface area contributed by atoms with Crippen LogP contribution in [0.4, 0.5) is 0 Å². The van der Waals surface area contributed by atoms with Crippen LogP contribution in [-0.2, 0) is 52.1 Å². The predicted molar refractivity (Wildman–Crippen MR) is 279 cm³/mol. The molecular formula is C57H92O25. The number of rotatable bonds is 16. The second-order valence-electron chi connectivity index (χ2n) is 26.0. The van der Waals surface area contributed by atoms with Gasteiger partial charge in [-0.3, -0.25) is 0 Å². The van der Waals surface area contributed by atoms with E-state index in [0.717, 1.165) is 50.7 Å². The monoisotopic (exact) mass is 1180 g/mol. The number of aliphatic hydroxyl groups is 14. The van der Waals surface area contributed by atoms with Gasteiger partial charge < -0.3 is 124 Å². The Kier molecular flexibility index (Phi) is 19.4. The molecule has 8 fully saturated rings. The minimum absolute atomic E-state index is 0.0405. The first-order valence-corrected chi connectivity index (χ1v) is 29.8. The summed E-state index contributed by atoms with van der Waals surface area (Å²) in [5.41, 5.74) is 2.48. The van der Waals surface area contributed by atoms with E-state index in [2.05, 4.69) is 26.8 Å². The van der Waals surface area contributed by atoms with Crippen molar-refractivity contribution in [2.24, 2.45) is 40.4 Å². The number of hydrogen-bond acceptors (Lipinski definition) is 25. The maximum Gasteiger partial charge on any atom is 0.187 e. The molecule has 0 radical (unpaired) electrons. The van der Waals surface area contributed by atoms with E-state index in [1.54, 1.807) is 0 Å². The van der Waals surface area contributed by atoms with Crippen molar-refractivity contribution >= 4 is 0 Å². The molecule has 5 saturated heterocycles. The van der Waals surface area contributed by atoms with Crippen LogP contribution in [0.5, 0.6) is 0 Å². The van der Waals surface area contributed by atoms with Gasteiger partial charge >= 0.3 is 0 Å². The van der Waals surface area contributed by atoms with Crippen LogP contribution in [-0.4, -0.2) is 257 Å². The third kappa shape index (κ3) is 11.6. The van der Waals surface area contributed by atoms with Crippen LogP contribution < -0.4 is 0 Å². The molecule has 10 rings (SSSR count). The maximum atomic E-state index is 12.3. The van der Waals surface area contributed by atoms with Gasteiger partial charge in [-0.05, 0) is 119 Å². The van der Waals surface area contributed by atoms with Crippen LogP contribution in [0.3, 0.4) is 0 Å². The molecular weight excluding hydrogens is 1080 g/mol. The Labute approximate surface area is 477 Å². The highest BCUT2D eigenvalue weighted by atomic mass is 16.8. The Bertz CT molecular complexity index is 2230. The fourth-order valence-corrected chi connectivity index (χ4v) is 15.9. The molecule has 0 unspecified atom stereocenters. The van der Waals surface area contributed by atoms with Crippen molar-refractivity contribution in [3.8, 4) is 0 Å². The van der Waals surface area contributed by atoms with Gasteiger partial charge in [-0.25, -0.2) is 0 Å². The summed E-state index contributed by atoms with van der Waals surface area (Å²) in [4.78, 5) is 0. The molecule has 3 saturated carbocycles. The summed E-state index contributed by atoms with van der Waals surface area (Å²) in [5, 5.41) is 150. The Morgan fingerprint density at radius 1 is 0.573 bits per heavy atom. The van der Waals surface area contributed by atoms with Crippen LogP contribution in [0.25, 0.3) is 0 Å². The summed E-state index contributed by atoms with van der Waals surface area (Å²) in [6.07, 6.45) is -27.5. The highest BCUT2D eigenvalue weighted by molar-refractivity contribution is 5.30.